The van der Waals surface area contributed by atoms with Gasteiger partial charge in [-0.15, -0.1) is 0 Å². The van der Waals surface area contributed by atoms with Crippen molar-refractivity contribution in [1.82, 2.24) is 10.6 Å². The normalized spacial score (nSPS) is 12.0. The van der Waals surface area contributed by atoms with E-state index in [1.165, 1.54) is 30.0 Å². The molecule has 2 N–H and O–H groups in total. The minimum Gasteiger partial charge on any atom is -0.357 e. The molecule has 0 atom stereocenters. The van der Waals surface area contributed by atoms with Gasteiger partial charge in [0.15, 0.2) is 15.8 Å². The molecule has 28 heavy (non-hydrogen) atoms. The zero-order chi connectivity index (χ0) is 20.4. The highest BCUT2D eigenvalue weighted by atomic mass is 32.2. The molecule has 0 saturated heterocycles. The van der Waals surface area contributed by atoms with Crippen molar-refractivity contribution in [3.63, 3.8) is 0 Å². The third-order valence-electron chi connectivity index (χ3n) is 4.12. The maximum atomic E-state index is 13.6. The number of nitrogens with zero attached hydrogens (tertiary/aromatic N) is 1. The van der Waals surface area contributed by atoms with Crippen LogP contribution in [0.3, 0.4) is 0 Å². The van der Waals surface area contributed by atoms with Crippen LogP contribution in [0.2, 0.25) is 0 Å². The first-order valence-electron chi connectivity index (χ1n) is 9.38. The predicted molar refractivity (Wildman–Crippen MR) is 113 cm³/mol. The Hall–Kier alpha value is -2.41. The third-order valence-corrected chi connectivity index (χ3v) is 4.95. The van der Waals surface area contributed by atoms with Gasteiger partial charge in [-0.3, -0.25) is 0 Å². The van der Waals surface area contributed by atoms with Gasteiger partial charge in [-0.1, -0.05) is 36.4 Å². The lowest BCUT2D eigenvalue weighted by molar-refractivity contribution is 0.600. The van der Waals surface area contributed by atoms with Crippen LogP contribution in [0.15, 0.2) is 53.5 Å². The summed E-state index contributed by atoms with van der Waals surface area (Å²) in [5, 5.41) is 6.43. The molecule has 0 radical (unpaired) electrons. The molecule has 7 heteroatoms. The monoisotopic (exact) mass is 405 g/mol. The van der Waals surface area contributed by atoms with Crippen molar-refractivity contribution >= 4 is 15.8 Å². The average molecular weight is 406 g/mol. The second-order valence-electron chi connectivity index (χ2n) is 6.69. The second-order valence-corrected chi connectivity index (χ2v) is 8.83. The first kappa shape index (κ1) is 21.9. The summed E-state index contributed by atoms with van der Waals surface area (Å²) in [5.41, 5.74) is 2.44. The topological polar surface area (TPSA) is 70.6 Å². The van der Waals surface area contributed by atoms with Gasteiger partial charge in [0.25, 0.3) is 0 Å². The summed E-state index contributed by atoms with van der Waals surface area (Å²) in [6.07, 6.45) is 3.09. The van der Waals surface area contributed by atoms with Crippen molar-refractivity contribution in [2.45, 2.75) is 32.1 Å². The van der Waals surface area contributed by atoms with Crippen molar-refractivity contribution in [3.05, 3.63) is 71.0 Å². The first-order chi connectivity index (χ1) is 13.4. The fourth-order valence-corrected chi connectivity index (χ4v) is 3.66. The molecule has 0 unspecified atom stereocenters. The van der Waals surface area contributed by atoms with Gasteiger partial charge in [-0.2, -0.15) is 0 Å². The smallest absolute Gasteiger partial charge is 0.191 e. The van der Waals surface area contributed by atoms with E-state index in [0.29, 0.717) is 23.6 Å². The van der Waals surface area contributed by atoms with Gasteiger partial charge in [-0.05, 0) is 48.6 Å². The highest BCUT2D eigenvalue weighted by molar-refractivity contribution is 7.89. The maximum absolute atomic E-state index is 13.6. The zero-order valence-electron chi connectivity index (χ0n) is 16.4. The molecule has 5 nitrogen and oxygen atoms in total. The molecule has 0 aliphatic carbocycles. The number of sulfone groups is 1. The first-order valence-corrected chi connectivity index (χ1v) is 11.4. The van der Waals surface area contributed by atoms with Gasteiger partial charge in [-0.25, -0.2) is 17.8 Å². The van der Waals surface area contributed by atoms with Crippen molar-refractivity contribution in [2.24, 2.45) is 4.99 Å². The molecule has 0 bridgehead atoms. The van der Waals surface area contributed by atoms with Crippen molar-refractivity contribution in [2.75, 3.05) is 19.3 Å². The Kier molecular flexibility index (Phi) is 8.44. The molecule has 0 aromatic heterocycles. The third kappa shape index (κ3) is 8.08. The number of halogens is 1. The molecule has 0 aliphatic heterocycles. The predicted octanol–water partition coefficient (Wildman–Crippen LogP) is 3.06. The molecule has 2 aromatic rings. The maximum Gasteiger partial charge on any atom is 0.191 e. The lowest BCUT2D eigenvalue weighted by atomic mass is 10.1. The lowest BCUT2D eigenvalue weighted by Gasteiger charge is -2.12. The molecule has 0 amide bonds. The van der Waals surface area contributed by atoms with E-state index in [4.69, 9.17) is 0 Å². The van der Waals surface area contributed by atoms with Crippen LogP contribution in [0.4, 0.5) is 4.39 Å². The second kappa shape index (κ2) is 10.8. The van der Waals surface area contributed by atoms with Crippen LogP contribution in [-0.4, -0.2) is 33.7 Å². The number of hydrogen-bond acceptors (Lipinski definition) is 3. The van der Waals surface area contributed by atoms with Crippen molar-refractivity contribution in [3.8, 4) is 0 Å². The zero-order valence-corrected chi connectivity index (χ0v) is 17.2. The van der Waals surface area contributed by atoms with Crippen LogP contribution in [0.5, 0.6) is 0 Å². The standard InChI is InChI=1S/C21H28FN3O2S/c1-3-23-21(24-13-7-10-17-8-5-4-6-9-17)25-15-19-14-20(22)12-11-18(19)16-28(2,26)27/h4-6,8-9,11-12,14H,3,7,10,13,15-16H2,1-2H3,(H2,23,24,25). The van der Waals surface area contributed by atoms with Crippen LogP contribution >= 0.6 is 0 Å². The Morgan fingerprint density at radius 2 is 1.82 bits per heavy atom. The van der Waals surface area contributed by atoms with E-state index in [2.05, 4.69) is 27.8 Å². The Balaban J connectivity index is 1.98. The summed E-state index contributed by atoms with van der Waals surface area (Å²) < 4.78 is 36.9. The number of guanidine groups is 1. The van der Waals surface area contributed by atoms with Gasteiger partial charge >= 0.3 is 0 Å². The van der Waals surface area contributed by atoms with E-state index in [0.717, 1.165) is 19.4 Å². The minimum atomic E-state index is -3.21. The molecular formula is C21H28FN3O2S. The average Bonchev–Trinajstić information content (AvgIpc) is 2.65. The van der Waals surface area contributed by atoms with Crippen LogP contribution in [0, 0.1) is 5.82 Å². The molecule has 0 saturated carbocycles. The summed E-state index contributed by atoms with van der Waals surface area (Å²) in [6.45, 7) is 3.62. The van der Waals surface area contributed by atoms with Crippen LogP contribution in [0.25, 0.3) is 0 Å². The van der Waals surface area contributed by atoms with Crippen LogP contribution in [-0.2, 0) is 28.6 Å². The van der Waals surface area contributed by atoms with Crippen molar-refractivity contribution < 1.29 is 12.8 Å². The largest absolute Gasteiger partial charge is 0.357 e. The van der Waals surface area contributed by atoms with E-state index in [-0.39, 0.29) is 12.3 Å². The quantitative estimate of drug-likeness (QED) is 0.382. The van der Waals surface area contributed by atoms with E-state index in [1.54, 1.807) is 0 Å². The molecular weight excluding hydrogens is 377 g/mol. The molecule has 2 rings (SSSR count). The highest BCUT2D eigenvalue weighted by Crippen LogP contribution is 2.15. The number of nitrogens with one attached hydrogen (secondary N) is 2. The number of hydrogen-bond donors (Lipinski definition) is 2. The number of aryl methyl sites for hydroxylation is 1. The summed E-state index contributed by atoms with van der Waals surface area (Å²) in [4.78, 5) is 4.49. The number of rotatable bonds is 9. The van der Waals surface area contributed by atoms with Gasteiger partial charge < -0.3 is 10.6 Å². The van der Waals surface area contributed by atoms with E-state index >= 15 is 0 Å². The summed E-state index contributed by atoms with van der Waals surface area (Å²) >= 11 is 0. The molecule has 0 aliphatic rings. The van der Waals surface area contributed by atoms with E-state index in [9.17, 15) is 12.8 Å². The SMILES string of the molecule is CCNC(=NCc1cc(F)ccc1CS(C)(=O)=O)NCCCc1ccccc1. The van der Waals surface area contributed by atoms with E-state index in [1.807, 2.05) is 25.1 Å². The molecule has 0 fully saturated rings. The van der Waals surface area contributed by atoms with Gasteiger partial charge in [0, 0.05) is 19.3 Å². The van der Waals surface area contributed by atoms with Gasteiger partial charge in [0.05, 0.1) is 12.3 Å². The lowest BCUT2D eigenvalue weighted by Crippen LogP contribution is -2.37. The Bertz CT molecular complexity index is 884. The fraction of sp³-hybridized carbons (Fsp3) is 0.381. The van der Waals surface area contributed by atoms with Crippen LogP contribution in [0.1, 0.15) is 30.0 Å². The van der Waals surface area contributed by atoms with Gasteiger partial charge in [0.1, 0.15) is 5.82 Å². The van der Waals surface area contributed by atoms with E-state index < -0.39 is 15.7 Å². The number of aliphatic imine (C=N–C) groups is 1. The number of benzene rings is 2. The summed E-state index contributed by atoms with van der Waals surface area (Å²) in [6, 6.07) is 14.4. The van der Waals surface area contributed by atoms with Gasteiger partial charge in [0.2, 0.25) is 0 Å². The van der Waals surface area contributed by atoms with Crippen molar-refractivity contribution in [1.29, 1.82) is 0 Å². The Labute approximate surface area is 167 Å². The highest BCUT2D eigenvalue weighted by Gasteiger charge is 2.10. The fourth-order valence-electron chi connectivity index (χ4n) is 2.81. The Morgan fingerprint density at radius 1 is 1.07 bits per heavy atom. The summed E-state index contributed by atoms with van der Waals surface area (Å²) in [7, 11) is -3.21. The molecule has 2 aromatic carbocycles. The van der Waals surface area contributed by atoms with Crippen LogP contribution < -0.4 is 10.6 Å². The molecule has 0 spiro atoms. The molecule has 0 heterocycles. The molecule has 152 valence electrons. The Morgan fingerprint density at radius 3 is 2.50 bits per heavy atom. The minimum absolute atomic E-state index is 0.126. The summed E-state index contributed by atoms with van der Waals surface area (Å²) in [5.74, 6) is 0.104.